The summed E-state index contributed by atoms with van der Waals surface area (Å²) in [4.78, 5) is 15.2. The standard InChI is InChI=1S/C15H10FNO2S2/c16-11-7-9(14(18)19)5-6-10(11)8-20-15-17-12-3-1-2-4-13(12)21-15/h1-7H,8H2,(H,18,19). The van der Waals surface area contributed by atoms with Gasteiger partial charge in [0, 0.05) is 5.75 Å². The Balaban J connectivity index is 1.76. The molecule has 21 heavy (non-hydrogen) atoms. The molecule has 0 saturated heterocycles. The highest BCUT2D eigenvalue weighted by molar-refractivity contribution is 8.00. The smallest absolute Gasteiger partial charge is 0.335 e. The molecule has 0 bridgehead atoms. The lowest BCUT2D eigenvalue weighted by molar-refractivity contribution is 0.0696. The Morgan fingerprint density at radius 1 is 1.29 bits per heavy atom. The van der Waals surface area contributed by atoms with Gasteiger partial charge in [-0.1, -0.05) is 30.0 Å². The molecule has 1 heterocycles. The van der Waals surface area contributed by atoms with Gasteiger partial charge in [-0.3, -0.25) is 0 Å². The summed E-state index contributed by atoms with van der Waals surface area (Å²) in [5.74, 6) is -1.20. The van der Waals surface area contributed by atoms with Crippen molar-refractivity contribution >= 4 is 39.3 Å². The van der Waals surface area contributed by atoms with Crippen LogP contribution in [0.2, 0.25) is 0 Å². The number of para-hydroxylation sites is 1. The van der Waals surface area contributed by atoms with Gasteiger partial charge in [-0.25, -0.2) is 14.2 Å². The van der Waals surface area contributed by atoms with Crippen molar-refractivity contribution in [2.45, 2.75) is 10.1 Å². The van der Waals surface area contributed by atoms with Crippen LogP contribution in [0.4, 0.5) is 4.39 Å². The first-order chi connectivity index (χ1) is 10.1. The molecule has 0 aliphatic rings. The second-order valence-electron chi connectivity index (χ2n) is 4.35. The molecule has 0 spiro atoms. The van der Waals surface area contributed by atoms with E-state index in [4.69, 9.17) is 5.11 Å². The molecule has 106 valence electrons. The number of halogens is 1. The highest BCUT2D eigenvalue weighted by Crippen LogP contribution is 2.31. The number of carboxylic acid groups (broad SMARTS) is 1. The molecule has 0 aliphatic heterocycles. The van der Waals surface area contributed by atoms with E-state index >= 15 is 0 Å². The lowest BCUT2D eigenvalue weighted by Gasteiger charge is -2.02. The molecule has 0 saturated carbocycles. The Bertz CT molecular complexity index is 783. The maximum Gasteiger partial charge on any atom is 0.335 e. The first-order valence-corrected chi connectivity index (χ1v) is 7.94. The fraction of sp³-hybridized carbons (Fsp3) is 0.0667. The first-order valence-electron chi connectivity index (χ1n) is 6.13. The Morgan fingerprint density at radius 3 is 2.81 bits per heavy atom. The summed E-state index contributed by atoms with van der Waals surface area (Å²) in [6.45, 7) is 0. The average molecular weight is 319 g/mol. The van der Waals surface area contributed by atoms with Gasteiger partial charge in [-0.15, -0.1) is 11.3 Å². The number of carbonyl (C=O) groups is 1. The summed E-state index contributed by atoms with van der Waals surface area (Å²) in [5, 5.41) is 8.81. The number of aromatic carboxylic acids is 1. The second kappa shape index (κ2) is 5.83. The summed E-state index contributed by atoms with van der Waals surface area (Å²) < 4.78 is 15.8. The van der Waals surface area contributed by atoms with Crippen LogP contribution in [-0.2, 0) is 5.75 Å². The molecule has 0 atom stereocenters. The summed E-state index contributed by atoms with van der Waals surface area (Å²) in [6.07, 6.45) is 0. The average Bonchev–Trinajstić information content (AvgIpc) is 2.88. The summed E-state index contributed by atoms with van der Waals surface area (Å²) in [7, 11) is 0. The number of carboxylic acids is 1. The Morgan fingerprint density at radius 2 is 2.10 bits per heavy atom. The molecule has 0 aliphatic carbocycles. The van der Waals surface area contributed by atoms with Crippen molar-refractivity contribution in [1.29, 1.82) is 0 Å². The van der Waals surface area contributed by atoms with Crippen molar-refractivity contribution in [2.75, 3.05) is 0 Å². The van der Waals surface area contributed by atoms with Gasteiger partial charge in [0.2, 0.25) is 0 Å². The van der Waals surface area contributed by atoms with Crippen LogP contribution in [0.15, 0.2) is 46.8 Å². The Labute approximate surface area is 128 Å². The van der Waals surface area contributed by atoms with E-state index in [1.165, 1.54) is 23.9 Å². The second-order valence-corrected chi connectivity index (χ2v) is 6.60. The van der Waals surface area contributed by atoms with Crippen molar-refractivity contribution in [2.24, 2.45) is 0 Å². The zero-order chi connectivity index (χ0) is 14.8. The zero-order valence-electron chi connectivity index (χ0n) is 10.7. The van der Waals surface area contributed by atoms with Crippen molar-refractivity contribution < 1.29 is 14.3 Å². The van der Waals surface area contributed by atoms with Gasteiger partial charge in [0.1, 0.15) is 5.82 Å². The topological polar surface area (TPSA) is 50.2 Å². The minimum atomic E-state index is -1.13. The highest BCUT2D eigenvalue weighted by Gasteiger charge is 2.10. The summed E-state index contributed by atoms with van der Waals surface area (Å²) >= 11 is 3.01. The SMILES string of the molecule is O=C(O)c1ccc(CSc2nc3ccccc3s2)c(F)c1. The van der Waals surface area contributed by atoms with Crippen LogP contribution < -0.4 is 0 Å². The molecule has 0 radical (unpaired) electrons. The van der Waals surface area contributed by atoms with Crippen molar-refractivity contribution in [1.82, 2.24) is 4.98 Å². The summed E-state index contributed by atoms with van der Waals surface area (Å²) in [6, 6.07) is 11.8. The predicted molar refractivity (Wildman–Crippen MR) is 82.5 cm³/mol. The van der Waals surface area contributed by atoms with Crippen molar-refractivity contribution in [3.63, 3.8) is 0 Å². The number of hydrogen-bond donors (Lipinski definition) is 1. The van der Waals surface area contributed by atoms with Gasteiger partial charge in [0.15, 0.2) is 4.34 Å². The Kier molecular flexibility index (Phi) is 3.90. The number of aromatic nitrogens is 1. The van der Waals surface area contributed by atoms with Gasteiger partial charge < -0.3 is 5.11 Å². The van der Waals surface area contributed by atoms with Crippen LogP contribution in [0, 0.1) is 5.82 Å². The molecule has 1 aromatic heterocycles. The van der Waals surface area contributed by atoms with E-state index < -0.39 is 11.8 Å². The van der Waals surface area contributed by atoms with Crippen LogP contribution in [0.1, 0.15) is 15.9 Å². The monoisotopic (exact) mass is 319 g/mol. The van der Waals surface area contributed by atoms with E-state index in [0.29, 0.717) is 11.3 Å². The lowest BCUT2D eigenvalue weighted by Crippen LogP contribution is -1.98. The van der Waals surface area contributed by atoms with E-state index in [0.717, 1.165) is 20.6 Å². The molecule has 6 heteroatoms. The normalized spacial score (nSPS) is 10.9. The number of rotatable bonds is 4. The number of benzene rings is 2. The molecule has 3 aromatic rings. The third kappa shape index (κ3) is 3.06. The van der Waals surface area contributed by atoms with Gasteiger partial charge in [-0.2, -0.15) is 0 Å². The molecule has 2 aromatic carbocycles. The van der Waals surface area contributed by atoms with E-state index in [9.17, 15) is 9.18 Å². The fourth-order valence-electron chi connectivity index (χ4n) is 1.85. The molecule has 0 fully saturated rings. The van der Waals surface area contributed by atoms with Crippen LogP contribution in [0.25, 0.3) is 10.2 Å². The van der Waals surface area contributed by atoms with E-state index in [2.05, 4.69) is 4.98 Å². The minimum absolute atomic E-state index is 0.0405. The summed E-state index contributed by atoms with van der Waals surface area (Å²) in [5.41, 5.74) is 1.37. The fourth-order valence-corrected chi connectivity index (χ4v) is 3.90. The van der Waals surface area contributed by atoms with Crippen LogP contribution >= 0.6 is 23.1 Å². The van der Waals surface area contributed by atoms with E-state index in [-0.39, 0.29) is 5.56 Å². The maximum atomic E-state index is 13.8. The van der Waals surface area contributed by atoms with Crippen molar-refractivity contribution in [3.05, 3.63) is 59.4 Å². The first kappa shape index (κ1) is 14.0. The molecular formula is C15H10FNO2S2. The van der Waals surface area contributed by atoms with Crippen LogP contribution in [-0.4, -0.2) is 16.1 Å². The molecule has 3 nitrogen and oxygen atoms in total. The molecule has 0 unspecified atom stereocenters. The molecule has 0 amide bonds. The van der Waals surface area contributed by atoms with Gasteiger partial charge >= 0.3 is 5.97 Å². The zero-order valence-corrected chi connectivity index (χ0v) is 12.4. The lowest BCUT2D eigenvalue weighted by atomic mass is 10.1. The van der Waals surface area contributed by atoms with E-state index in [1.807, 2.05) is 24.3 Å². The number of thiazole rings is 1. The van der Waals surface area contributed by atoms with Gasteiger partial charge in [0.05, 0.1) is 15.8 Å². The number of nitrogens with zero attached hydrogens (tertiary/aromatic N) is 1. The number of hydrogen-bond acceptors (Lipinski definition) is 4. The van der Waals surface area contributed by atoms with Gasteiger partial charge in [-0.05, 0) is 29.8 Å². The van der Waals surface area contributed by atoms with Crippen LogP contribution in [0.5, 0.6) is 0 Å². The molecule has 1 N–H and O–H groups in total. The molecular weight excluding hydrogens is 309 g/mol. The quantitative estimate of drug-likeness (QED) is 0.723. The number of fused-ring (bicyclic) bond motifs is 1. The maximum absolute atomic E-state index is 13.8. The largest absolute Gasteiger partial charge is 0.478 e. The Hall–Kier alpha value is -1.92. The van der Waals surface area contributed by atoms with E-state index in [1.54, 1.807) is 11.3 Å². The van der Waals surface area contributed by atoms with Crippen LogP contribution in [0.3, 0.4) is 0 Å². The number of thioether (sulfide) groups is 1. The van der Waals surface area contributed by atoms with Crippen molar-refractivity contribution in [3.8, 4) is 0 Å². The molecule has 3 rings (SSSR count). The third-order valence-corrected chi connectivity index (χ3v) is 5.15. The van der Waals surface area contributed by atoms with Gasteiger partial charge in [0.25, 0.3) is 0 Å². The third-order valence-electron chi connectivity index (χ3n) is 2.93. The highest BCUT2D eigenvalue weighted by atomic mass is 32.2. The predicted octanol–water partition coefficient (Wildman–Crippen LogP) is 4.43. The minimum Gasteiger partial charge on any atom is -0.478 e.